The van der Waals surface area contributed by atoms with Gasteiger partial charge in [-0.3, -0.25) is 0 Å². The van der Waals surface area contributed by atoms with Crippen LogP contribution in [0.25, 0.3) is 0 Å². The van der Waals surface area contributed by atoms with Crippen LogP contribution in [-0.2, 0) is 5.41 Å². The van der Waals surface area contributed by atoms with Crippen LogP contribution in [-0.4, -0.2) is 20.3 Å². The molecule has 1 fully saturated rings. The zero-order chi connectivity index (χ0) is 13.5. The van der Waals surface area contributed by atoms with Crippen molar-refractivity contribution < 1.29 is 9.47 Å². The summed E-state index contributed by atoms with van der Waals surface area (Å²) in [7, 11) is 3.42. The summed E-state index contributed by atoms with van der Waals surface area (Å²) in [6, 6.07) is 2.24. The average Bonchev–Trinajstić information content (AvgIpc) is 3.12. The third-order valence-electron chi connectivity index (χ3n) is 4.26. The van der Waals surface area contributed by atoms with Gasteiger partial charge < -0.3 is 15.2 Å². The summed E-state index contributed by atoms with van der Waals surface area (Å²) in [6.45, 7) is 6.24. The fraction of sp³-hybridized carbons (Fsp3) is 0.600. The molecule has 0 radical (unpaired) electrons. The molecule has 0 bridgehead atoms. The third kappa shape index (κ3) is 1.77. The molecule has 3 heteroatoms. The Morgan fingerprint density at radius 3 is 2.22 bits per heavy atom. The van der Waals surface area contributed by atoms with Gasteiger partial charge in [-0.15, -0.1) is 0 Å². The van der Waals surface area contributed by atoms with Crippen LogP contribution in [0.4, 0.5) is 0 Å². The summed E-state index contributed by atoms with van der Waals surface area (Å²) < 4.78 is 11.0. The van der Waals surface area contributed by atoms with E-state index in [0.29, 0.717) is 0 Å². The van der Waals surface area contributed by atoms with E-state index in [9.17, 15) is 0 Å². The lowest BCUT2D eigenvalue weighted by molar-refractivity contribution is 0.377. The van der Waals surface area contributed by atoms with Crippen molar-refractivity contribution in [1.29, 1.82) is 0 Å². The first-order valence-corrected chi connectivity index (χ1v) is 6.46. The van der Waals surface area contributed by atoms with E-state index in [0.717, 1.165) is 29.9 Å². The maximum Gasteiger partial charge on any atom is 0.129 e. The Kier molecular flexibility index (Phi) is 3.28. The number of rotatable bonds is 4. The molecule has 0 spiro atoms. The summed E-state index contributed by atoms with van der Waals surface area (Å²) >= 11 is 0. The summed E-state index contributed by atoms with van der Waals surface area (Å²) in [5, 5.41) is 0. The smallest absolute Gasteiger partial charge is 0.129 e. The van der Waals surface area contributed by atoms with Gasteiger partial charge in [0, 0.05) is 22.6 Å². The normalized spacial score (nSPS) is 18.3. The van der Waals surface area contributed by atoms with Gasteiger partial charge in [-0.25, -0.2) is 0 Å². The molecule has 2 N–H and O–H groups in total. The minimum absolute atomic E-state index is 0.104. The first-order valence-electron chi connectivity index (χ1n) is 6.46. The van der Waals surface area contributed by atoms with Crippen LogP contribution in [0.5, 0.6) is 11.5 Å². The lowest BCUT2D eigenvalue weighted by atomic mass is 9.84. The van der Waals surface area contributed by atoms with Gasteiger partial charge >= 0.3 is 0 Å². The first-order chi connectivity index (χ1) is 8.47. The predicted octanol–water partition coefficient (Wildman–Crippen LogP) is 2.70. The van der Waals surface area contributed by atoms with E-state index in [2.05, 4.69) is 19.9 Å². The molecule has 0 heterocycles. The third-order valence-corrected chi connectivity index (χ3v) is 4.26. The Morgan fingerprint density at radius 1 is 1.22 bits per heavy atom. The lowest BCUT2D eigenvalue weighted by Gasteiger charge is -2.26. The van der Waals surface area contributed by atoms with Crippen LogP contribution in [0.2, 0.25) is 0 Å². The summed E-state index contributed by atoms with van der Waals surface area (Å²) in [4.78, 5) is 0. The number of benzene rings is 1. The van der Waals surface area contributed by atoms with Crippen LogP contribution in [0, 0.1) is 13.8 Å². The van der Waals surface area contributed by atoms with Crippen molar-refractivity contribution in [2.45, 2.75) is 45.1 Å². The molecule has 100 valence electrons. The number of nitrogens with two attached hydrogens (primary N) is 1. The zero-order valence-corrected chi connectivity index (χ0v) is 12.0. The summed E-state index contributed by atoms with van der Waals surface area (Å²) in [5.74, 6) is 1.83. The number of aryl methyl sites for hydroxylation is 1. The topological polar surface area (TPSA) is 44.5 Å². The highest BCUT2D eigenvalue weighted by atomic mass is 16.5. The van der Waals surface area contributed by atoms with Gasteiger partial charge in [-0.2, -0.15) is 0 Å². The van der Waals surface area contributed by atoms with Crippen LogP contribution in [0.1, 0.15) is 36.5 Å². The molecule has 2 rings (SSSR count). The molecule has 3 nitrogen and oxygen atoms in total. The van der Waals surface area contributed by atoms with Crippen LogP contribution in [0.3, 0.4) is 0 Å². The van der Waals surface area contributed by atoms with E-state index in [1.165, 1.54) is 11.1 Å². The monoisotopic (exact) mass is 249 g/mol. The first kappa shape index (κ1) is 13.2. The molecule has 18 heavy (non-hydrogen) atoms. The van der Waals surface area contributed by atoms with Crippen molar-refractivity contribution in [1.82, 2.24) is 0 Å². The highest BCUT2D eigenvalue weighted by Crippen LogP contribution is 2.55. The quantitative estimate of drug-likeness (QED) is 0.892. The number of methoxy groups -OCH3 is 2. The molecule has 1 aromatic carbocycles. The Hall–Kier alpha value is -1.22. The van der Waals surface area contributed by atoms with Crippen LogP contribution in [0.15, 0.2) is 6.07 Å². The van der Waals surface area contributed by atoms with Gasteiger partial charge in [-0.05, 0) is 45.2 Å². The fourth-order valence-corrected chi connectivity index (χ4v) is 3.01. The molecule has 1 saturated carbocycles. The second-order valence-electron chi connectivity index (χ2n) is 5.37. The van der Waals surface area contributed by atoms with Gasteiger partial charge in [0.05, 0.1) is 14.2 Å². The van der Waals surface area contributed by atoms with Crippen molar-refractivity contribution in [3.63, 3.8) is 0 Å². The van der Waals surface area contributed by atoms with Gasteiger partial charge in [0.2, 0.25) is 0 Å². The predicted molar refractivity (Wildman–Crippen MR) is 73.6 cm³/mol. The zero-order valence-electron chi connectivity index (χ0n) is 12.0. The molecular weight excluding hydrogens is 226 g/mol. The second kappa shape index (κ2) is 4.47. The lowest BCUT2D eigenvalue weighted by Crippen LogP contribution is -2.32. The highest BCUT2D eigenvalue weighted by molar-refractivity contribution is 5.58. The van der Waals surface area contributed by atoms with E-state index in [1.807, 2.05) is 6.92 Å². The van der Waals surface area contributed by atoms with Crippen molar-refractivity contribution in [2.24, 2.45) is 5.73 Å². The minimum Gasteiger partial charge on any atom is -0.496 e. The van der Waals surface area contributed by atoms with Gasteiger partial charge in [0.25, 0.3) is 0 Å². The van der Waals surface area contributed by atoms with Crippen molar-refractivity contribution >= 4 is 0 Å². The molecule has 1 atom stereocenters. The molecule has 1 unspecified atom stereocenters. The van der Waals surface area contributed by atoms with Crippen molar-refractivity contribution in [3.05, 3.63) is 22.8 Å². The van der Waals surface area contributed by atoms with Crippen molar-refractivity contribution in [3.8, 4) is 11.5 Å². The Bertz CT molecular complexity index is 462. The molecule has 1 aromatic rings. The summed E-state index contributed by atoms with van der Waals surface area (Å²) in [5.41, 5.74) is 9.85. The maximum atomic E-state index is 6.19. The summed E-state index contributed by atoms with van der Waals surface area (Å²) in [6.07, 6.45) is 2.29. The van der Waals surface area contributed by atoms with Gasteiger partial charge in [0.15, 0.2) is 0 Å². The van der Waals surface area contributed by atoms with Crippen LogP contribution < -0.4 is 15.2 Å². The fourth-order valence-electron chi connectivity index (χ4n) is 3.01. The van der Waals surface area contributed by atoms with E-state index in [4.69, 9.17) is 15.2 Å². The number of ether oxygens (including phenoxy) is 2. The Labute approximate surface area is 109 Å². The van der Waals surface area contributed by atoms with Gasteiger partial charge in [-0.1, -0.05) is 0 Å². The minimum atomic E-state index is 0.104. The molecule has 0 aliphatic heterocycles. The second-order valence-corrected chi connectivity index (χ2v) is 5.37. The van der Waals surface area contributed by atoms with Crippen LogP contribution >= 0.6 is 0 Å². The standard InChI is InChI=1S/C15H23NO2/c1-9-8-12(17-4)10(2)14(18-5)13(9)15(6-7-15)11(3)16/h8,11H,6-7,16H2,1-5H3. The van der Waals surface area contributed by atoms with E-state index < -0.39 is 0 Å². The van der Waals surface area contributed by atoms with Crippen molar-refractivity contribution in [2.75, 3.05) is 14.2 Å². The Balaban J connectivity index is 2.64. The molecule has 0 aromatic heterocycles. The number of hydrogen-bond donors (Lipinski definition) is 1. The molecule has 0 saturated heterocycles. The SMILES string of the molecule is COc1cc(C)c(C2(C(C)N)CC2)c(OC)c1C. The number of hydrogen-bond acceptors (Lipinski definition) is 3. The molecular formula is C15H23NO2. The molecule has 0 amide bonds. The van der Waals surface area contributed by atoms with E-state index in [-0.39, 0.29) is 11.5 Å². The maximum absolute atomic E-state index is 6.19. The highest BCUT2D eigenvalue weighted by Gasteiger charge is 2.50. The van der Waals surface area contributed by atoms with E-state index >= 15 is 0 Å². The van der Waals surface area contributed by atoms with Gasteiger partial charge in [0.1, 0.15) is 11.5 Å². The average molecular weight is 249 g/mol. The molecule has 1 aliphatic rings. The molecule has 1 aliphatic carbocycles. The largest absolute Gasteiger partial charge is 0.496 e. The Morgan fingerprint density at radius 2 is 1.83 bits per heavy atom. The van der Waals surface area contributed by atoms with E-state index in [1.54, 1.807) is 14.2 Å².